The van der Waals surface area contributed by atoms with Gasteiger partial charge in [0, 0.05) is 6.54 Å². The second-order valence-corrected chi connectivity index (χ2v) is 4.56. The fraction of sp³-hybridized carbons (Fsp3) is 0.417. The van der Waals surface area contributed by atoms with Gasteiger partial charge >= 0.3 is 0 Å². The monoisotopic (exact) mass is 239 g/mol. The molecule has 2 N–H and O–H groups in total. The van der Waals surface area contributed by atoms with Crippen molar-refractivity contribution in [3.05, 3.63) is 29.3 Å². The largest absolute Gasteiger partial charge is 0.507 e. The summed E-state index contributed by atoms with van der Waals surface area (Å²) >= 11 is 1.75. The van der Waals surface area contributed by atoms with E-state index in [0.29, 0.717) is 12.1 Å². The maximum atomic E-state index is 11.7. The van der Waals surface area contributed by atoms with Crippen molar-refractivity contribution in [3.8, 4) is 5.75 Å². The van der Waals surface area contributed by atoms with Crippen LogP contribution in [0.2, 0.25) is 0 Å². The lowest BCUT2D eigenvalue weighted by Gasteiger charge is -2.07. The second-order valence-electron chi connectivity index (χ2n) is 3.57. The van der Waals surface area contributed by atoms with Crippen LogP contribution in [0.5, 0.6) is 5.75 Å². The summed E-state index contributed by atoms with van der Waals surface area (Å²) in [6.07, 6.45) is 2.98. The van der Waals surface area contributed by atoms with Gasteiger partial charge in [0.15, 0.2) is 0 Å². The van der Waals surface area contributed by atoms with Crippen molar-refractivity contribution >= 4 is 17.7 Å². The van der Waals surface area contributed by atoms with Crippen LogP contribution >= 0.6 is 11.8 Å². The molecule has 0 unspecified atom stereocenters. The van der Waals surface area contributed by atoms with Crippen LogP contribution in [0.3, 0.4) is 0 Å². The molecule has 0 aliphatic heterocycles. The Hall–Kier alpha value is -1.16. The molecule has 0 atom stereocenters. The summed E-state index contributed by atoms with van der Waals surface area (Å²) in [6.45, 7) is 2.42. The van der Waals surface area contributed by atoms with E-state index in [1.807, 2.05) is 6.26 Å². The first-order valence-corrected chi connectivity index (χ1v) is 6.62. The Morgan fingerprint density at radius 3 is 2.94 bits per heavy atom. The molecule has 1 aromatic carbocycles. The number of aromatic hydroxyl groups is 1. The van der Waals surface area contributed by atoms with Gasteiger partial charge in [-0.25, -0.2) is 0 Å². The summed E-state index contributed by atoms with van der Waals surface area (Å²) in [6, 6.07) is 5.18. The number of aryl methyl sites for hydroxylation is 1. The van der Waals surface area contributed by atoms with Gasteiger partial charge in [-0.1, -0.05) is 12.1 Å². The van der Waals surface area contributed by atoms with E-state index in [1.165, 1.54) is 0 Å². The predicted molar refractivity (Wildman–Crippen MR) is 68.2 cm³/mol. The van der Waals surface area contributed by atoms with E-state index in [0.717, 1.165) is 17.7 Å². The lowest BCUT2D eigenvalue weighted by atomic mass is 10.1. The minimum atomic E-state index is -0.206. The van der Waals surface area contributed by atoms with Crippen LogP contribution < -0.4 is 5.32 Å². The van der Waals surface area contributed by atoms with E-state index in [-0.39, 0.29) is 11.7 Å². The first-order valence-electron chi connectivity index (χ1n) is 5.22. The summed E-state index contributed by atoms with van der Waals surface area (Å²) < 4.78 is 0. The number of hydrogen-bond acceptors (Lipinski definition) is 3. The maximum Gasteiger partial charge on any atom is 0.255 e. The third kappa shape index (κ3) is 3.45. The minimum absolute atomic E-state index is 0.0740. The zero-order valence-corrected chi connectivity index (χ0v) is 10.4. The third-order valence-electron chi connectivity index (χ3n) is 2.29. The fourth-order valence-electron chi connectivity index (χ4n) is 1.36. The number of benzene rings is 1. The van der Waals surface area contributed by atoms with Gasteiger partial charge in [0.05, 0.1) is 5.56 Å². The molecule has 0 aromatic heterocycles. The summed E-state index contributed by atoms with van der Waals surface area (Å²) in [5, 5.41) is 12.5. The predicted octanol–water partition coefficient (Wildman–Crippen LogP) is 2.18. The summed E-state index contributed by atoms with van der Waals surface area (Å²) in [7, 11) is 0. The van der Waals surface area contributed by atoms with Crippen LogP contribution in [0.4, 0.5) is 0 Å². The highest BCUT2D eigenvalue weighted by Gasteiger charge is 2.11. The molecule has 0 aliphatic carbocycles. The van der Waals surface area contributed by atoms with Crippen molar-refractivity contribution in [1.82, 2.24) is 5.32 Å². The number of carbonyl (C=O) groups is 1. The van der Waals surface area contributed by atoms with Gasteiger partial charge in [0.2, 0.25) is 0 Å². The van der Waals surface area contributed by atoms with Crippen LogP contribution in [0.25, 0.3) is 0 Å². The van der Waals surface area contributed by atoms with E-state index in [9.17, 15) is 9.90 Å². The van der Waals surface area contributed by atoms with E-state index in [2.05, 4.69) is 5.32 Å². The van der Waals surface area contributed by atoms with Gasteiger partial charge in [-0.3, -0.25) is 4.79 Å². The number of thioether (sulfide) groups is 1. The second kappa shape index (κ2) is 6.43. The molecule has 1 aromatic rings. The van der Waals surface area contributed by atoms with E-state index in [4.69, 9.17) is 0 Å². The molecule has 0 bridgehead atoms. The Bertz CT molecular complexity index is 366. The zero-order valence-electron chi connectivity index (χ0n) is 9.62. The Morgan fingerprint density at radius 2 is 2.25 bits per heavy atom. The molecule has 0 radical (unpaired) electrons. The number of hydrogen-bond donors (Lipinski definition) is 2. The van der Waals surface area contributed by atoms with Crippen molar-refractivity contribution in [2.24, 2.45) is 0 Å². The number of phenolic OH excluding ortho intramolecular Hbond substituents is 1. The third-order valence-corrected chi connectivity index (χ3v) is 2.99. The normalized spacial score (nSPS) is 10.1. The number of phenols is 1. The standard InChI is InChI=1S/C12H17NO2S/c1-9-5-3-6-10(11(9)14)12(15)13-7-4-8-16-2/h3,5-6,14H,4,7-8H2,1-2H3,(H,13,15). The van der Waals surface area contributed by atoms with Gasteiger partial charge in [0.1, 0.15) is 5.75 Å². The molecule has 1 amide bonds. The average Bonchev–Trinajstić information content (AvgIpc) is 2.28. The van der Waals surface area contributed by atoms with Gasteiger partial charge in [-0.05, 0) is 37.0 Å². The first kappa shape index (κ1) is 12.9. The quantitative estimate of drug-likeness (QED) is 0.774. The molecule has 1 rings (SSSR count). The molecule has 88 valence electrons. The van der Waals surface area contributed by atoms with Crippen molar-refractivity contribution in [3.63, 3.8) is 0 Å². The Kier molecular flexibility index (Phi) is 5.19. The molecule has 0 aliphatic rings. The van der Waals surface area contributed by atoms with E-state index < -0.39 is 0 Å². The number of rotatable bonds is 5. The molecular weight excluding hydrogens is 222 g/mol. The van der Waals surface area contributed by atoms with Crippen molar-refractivity contribution in [2.75, 3.05) is 18.6 Å². The molecule has 16 heavy (non-hydrogen) atoms. The van der Waals surface area contributed by atoms with Crippen LogP contribution in [0.15, 0.2) is 18.2 Å². The lowest BCUT2D eigenvalue weighted by molar-refractivity contribution is 0.0951. The Balaban J connectivity index is 2.56. The first-order chi connectivity index (χ1) is 7.66. The van der Waals surface area contributed by atoms with Gasteiger partial charge < -0.3 is 10.4 Å². The topological polar surface area (TPSA) is 49.3 Å². The van der Waals surface area contributed by atoms with Crippen LogP contribution in [0, 0.1) is 6.92 Å². The van der Waals surface area contributed by atoms with Gasteiger partial charge in [-0.15, -0.1) is 0 Å². The van der Waals surface area contributed by atoms with Gasteiger partial charge in [0.25, 0.3) is 5.91 Å². The van der Waals surface area contributed by atoms with Crippen LogP contribution in [-0.2, 0) is 0 Å². The Morgan fingerprint density at radius 1 is 1.50 bits per heavy atom. The highest BCUT2D eigenvalue weighted by molar-refractivity contribution is 7.98. The molecule has 0 saturated heterocycles. The number of carbonyl (C=O) groups excluding carboxylic acids is 1. The Labute approximate surface area is 100 Å². The van der Waals surface area contributed by atoms with Crippen LogP contribution in [0.1, 0.15) is 22.3 Å². The number of amides is 1. The van der Waals surface area contributed by atoms with Crippen molar-refractivity contribution in [2.45, 2.75) is 13.3 Å². The van der Waals surface area contributed by atoms with Crippen LogP contribution in [-0.4, -0.2) is 29.6 Å². The molecule has 3 nitrogen and oxygen atoms in total. The average molecular weight is 239 g/mol. The van der Waals surface area contributed by atoms with E-state index >= 15 is 0 Å². The highest BCUT2D eigenvalue weighted by Crippen LogP contribution is 2.20. The summed E-state index contributed by atoms with van der Waals surface area (Å²) in [5.41, 5.74) is 1.07. The molecule has 0 heterocycles. The number of nitrogens with one attached hydrogen (secondary N) is 1. The minimum Gasteiger partial charge on any atom is -0.507 e. The summed E-state index contributed by atoms with van der Waals surface area (Å²) in [5.74, 6) is 0.896. The van der Waals surface area contributed by atoms with Crippen molar-refractivity contribution < 1.29 is 9.90 Å². The fourth-order valence-corrected chi connectivity index (χ4v) is 1.79. The molecule has 0 spiro atoms. The number of para-hydroxylation sites is 1. The smallest absolute Gasteiger partial charge is 0.255 e. The molecular formula is C12H17NO2S. The highest BCUT2D eigenvalue weighted by atomic mass is 32.2. The zero-order chi connectivity index (χ0) is 12.0. The van der Waals surface area contributed by atoms with E-state index in [1.54, 1.807) is 36.9 Å². The molecule has 4 heteroatoms. The van der Waals surface area contributed by atoms with Gasteiger partial charge in [-0.2, -0.15) is 11.8 Å². The molecule has 0 fully saturated rings. The molecule has 0 saturated carbocycles. The van der Waals surface area contributed by atoms with Crippen molar-refractivity contribution in [1.29, 1.82) is 0 Å². The SMILES string of the molecule is CSCCCNC(=O)c1cccc(C)c1O. The summed E-state index contributed by atoms with van der Waals surface area (Å²) in [4.78, 5) is 11.7. The lowest BCUT2D eigenvalue weighted by Crippen LogP contribution is -2.24. The maximum absolute atomic E-state index is 11.7.